The van der Waals surface area contributed by atoms with Crippen molar-refractivity contribution in [3.8, 4) is 11.1 Å². The molecule has 4 heterocycles. The van der Waals surface area contributed by atoms with Crippen LogP contribution in [0.15, 0.2) is 59.9 Å². The Hall–Kier alpha value is -2.99. The number of nitrogens with zero attached hydrogens (tertiary/aromatic N) is 4. The summed E-state index contributed by atoms with van der Waals surface area (Å²) >= 11 is 5.98. The number of halogens is 1. The SMILES string of the molecule is O=C(c1cncnc1)N1CC2CC(C1)c1ccc(-c3ccc(Cl)cc3)c(=O)n1C2. The van der Waals surface area contributed by atoms with E-state index in [1.54, 1.807) is 24.5 Å². The van der Waals surface area contributed by atoms with E-state index >= 15 is 0 Å². The second kappa shape index (κ2) is 7.12. The highest BCUT2D eigenvalue weighted by Crippen LogP contribution is 2.36. The number of pyridine rings is 1. The lowest BCUT2D eigenvalue weighted by molar-refractivity contribution is 0.0594. The zero-order chi connectivity index (χ0) is 20.0. The van der Waals surface area contributed by atoms with Crippen molar-refractivity contribution in [3.63, 3.8) is 0 Å². The van der Waals surface area contributed by atoms with Crippen molar-refractivity contribution in [2.75, 3.05) is 13.1 Å². The topological polar surface area (TPSA) is 68.1 Å². The Kier molecular flexibility index (Phi) is 4.43. The van der Waals surface area contributed by atoms with Gasteiger partial charge in [-0.1, -0.05) is 23.7 Å². The van der Waals surface area contributed by atoms with Crippen molar-refractivity contribution in [2.24, 2.45) is 5.92 Å². The fraction of sp³-hybridized carbons (Fsp3) is 0.273. The molecule has 0 saturated carbocycles. The predicted molar refractivity (Wildman–Crippen MR) is 110 cm³/mol. The first-order valence-corrected chi connectivity index (χ1v) is 10.0. The van der Waals surface area contributed by atoms with E-state index in [0.717, 1.165) is 17.7 Å². The summed E-state index contributed by atoms with van der Waals surface area (Å²) in [5, 5.41) is 0.648. The summed E-state index contributed by atoms with van der Waals surface area (Å²) in [4.78, 5) is 35.8. The molecule has 0 aliphatic carbocycles. The number of amides is 1. The largest absolute Gasteiger partial charge is 0.338 e. The molecule has 2 aliphatic heterocycles. The maximum absolute atomic E-state index is 13.2. The van der Waals surface area contributed by atoms with E-state index < -0.39 is 0 Å². The lowest BCUT2D eigenvalue weighted by atomic mass is 9.82. The third-order valence-corrected chi connectivity index (χ3v) is 6.11. The summed E-state index contributed by atoms with van der Waals surface area (Å²) in [6.45, 7) is 1.87. The van der Waals surface area contributed by atoms with Gasteiger partial charge in [0.2, 0.25) is 0 Å². The number of hydrogen-bond acceptors (Lipinski definition) is 4. The van der Waals surface area contributed by atoms with Crippen LogP contribution < -0.4 is 5.56 Å². The molecule has 5 rings (SSSR count). The number of fused-ring (bicyclic) bond motifs is 4. The molecule has 146 valence electrons. The van der Waals surface area contributed by atoms with Crippen LogP contribution in [-0.4, -0.2) is 38.4 Å². The van der Waals surface area contributed by atoms with Gasteiger partial charge in [0.25, 0.3) is 11.5 Å². The van der Waals surface area contributed by atoms with Crippen molar-refractivity contribution in [1.82, 2.24) is 19.4 Å². The van der Waals surface area contributed by atoms with Crippen molar-refractivity contribution in [2.45, 2.75) is 18.9 Å². The zero-order valence-electron chi connectivity index (χ0n) is 15.7. The molecule has 0 N–H and O–H groups in total. The Labute approximate surface area is 172 Å². The summed E-state index contributed by atoms with van der Waals surface area (Å²) in [7, 11) is 0. The zero-order valence-corrected chi connectivity index (χ0v) is 16.4. The monoisotopic (exact) mass is 406 g/mol. The average Bonchev–Trinajstić information content (AvgIpc) is 2.75. The van der Waals surface area contributed by atoms with E-state index in [4.69, 9.17) is 11.6 Å². The van der Waals surface area contributed by atoms with Gasteiger partial charge >= 0.3 is 0 Å². The Bertz CT molecular complexity index is 1130. The van der Waals surface area contributed by atoms with Crippen LogP contribution >= 0.6 is 11.6 Å². The third kappa shape index (κ3) is 3.23. The minimum absolute atomic E-state index is 0.0239. The van der Waals surface area contributed by atoms with Gasteiger partial charge < -0.3 is 9.47 Å². The molecule has 29 heavy (non-hydrogen) atoms. The van der Waals surface area contributed by atoms with Crippen LogP contribution in [0.2, 0.25) is 5.02 Å². The highest BCUT2D eigenvalue weighted by molar-refractivity contribution is 6.30. The summed E-state index contributed by atoms with van der Waals surface area (Å²) < 4.78 is 1.90. The molecule has 2 bridgehead atoms. The smallest absolute Gasteiger partial charge is 0.258 e. The first-order chi connectivity index (χ1) is 14.1. The van der Waals surface area contributed by atoms with Crippen molar-refractivity contribution in [3.05, 3.63) is 81.8 Å². The van der Waals surface area contributed by atoms with Crippen molar-refractivity contribution >= 4 is 17.5 Å². The third-order valence-electron chi connectivity index (χ3n) is 5.85. The number of hydrogen-bond donors (Lipinski definition) is 0. The molecule has 2 unspecified atom stereocenters. The van der Waals surface area contributed by atoms with Crippen LogP contribution in [0.5, 0.6) is 0 Å². The molecule has 2 aliphatic rings. The number of rotatable bonds is 2. The number of benzene rings is 1. The van der Waals surface area contributed by atoms with Gasteiger partial charge in [0, 0.05) is 54.2 Å². The molecule has 1 saturated heterocycles. The number of aromatic nitrogens is 3. The molecule has 2 atom stereocenters. The normalized spacial score (nSPS) is 20.2. The van der Waals surface area contributed by atoms with Crippen molar-refractivity contribution in [1.29, 1.82) is 0 Å². The Morgan fingerprint density at radius 3 is 2.52 bits per heavy atom. The van der Waals surface area contributed by atoms with E-state index in [0.29, 0.717) is 35.8 Å². The molecular weight excluding hydrogens is 388 g/mol. The average molecular weight is 407 g/mol. The second-order valence-electron chi connectivity index (χ2n) is 7.73. The molecule has 1 aromatic carbocycles. The van der Waals surface area contributed by atoms with E-state index in [9.17, 15) is 9.59 Å². The Morgan fingerprint density at radius 1 is 1.00 bits per heavy atom. The molecule has 1 fully saturated rings. The highest BCUT2D eigenvalue weighted by Gasteiger charge is 2.37. The fourth-order valence-electron chi connectivity index (χ4n) is 4.55. The maximum Gasteiger partial charge on any atom is 0.258 e. The van der Waals surface area contributed by atoms with Crippen LogP contribution in [0.1, 0.15) is 28.4 Å². The van der Waals surface area contributed by atoms with Gasteiger partial charge in [0.05, 0.1) is 5.56 Å². The summed E-state index contributed by atoms with van der Waals surface area (Å²) in [6.07, 6.45) is 5.52. The van der Waals surface area contributed by atoms with E-state index in [2.05, 4.69) is 9.97 Å². The highest BCUT2D eigenvalue weighted by atomic mass is 35.5. The minimum atomic E-state index is -0.0473. The van der Waals surface area contributed by atoms with E-state index in [-0.39, 0.29) is 23.3 Å². The molecular formula is C22H19ClN4O2. The molecule has 0 spiro atoms. The Morgan fingerprint density at radius 2 is 1.76 bits per heavy atom. The molecule has 1 amide bonds. The van der Waals surface area contributed by atoms with E-state index in [1.807, 2.05) is 33.7 Å². The summed E-state index contributed by atoms with van der Waals surface area (Å²) in [5.41, 5.74) is 3.08. The van der Waals surface area contributed by atoms with Crippen LogP contribution in [0.25, 0.3) is 11.1 Å². The standard InChI is InChI=1S/C22H19ClN4O2/c23-18-3-1-15(2-4-18)19-5-6-20-16-7-14(11-27(20)22(19)29)10-26(12-16)21(28)17-8-24-13-25-9-17/h1-6,8-9,13-14,16H,7,10-12H2. The molecule has 7 heteroatoms. The minimum Gasteiger partial charge on any atom is -0.338 e. The number of likely N-dealkylation sites (tertiary alicyclic amines) is 1. The van der Waals surface area contributed by atoms with Gasteiger partial charge in [-0.05, 0) is 42.2 Å². The number of carbonyl (C=O) groups excluding carboxylic acids is 1. The second-order valence-corrected chi connectivity index (χ2v) is 8.17. The van der Waals surface area contributed by atoms with E-state index in [1.165, 1.54) is 6.33 Å². The molecule has 2 aromatic heterocycles. The van der Waals surface area contributed by atoms with Crippen LogP contribution in [0.3, 0.4) is 0 Å². The van der Waals surface area contributed by atoms with Gasteiger partial charge in [-0.2, -0.15) is 0 Å². The van der Waals surface area contributed by atoms with Gasteiger partial charge in [0.1, 0.15) is 6.33 Å². The predicted octanol–water partition coefficient (Wildman–Crippen LogP) is 3.22. The first kappa shape index (κ1) is 18.1. The number of carbonyl (C=O) groups is 1. The van der Waals surface area contributed by atoms with Gasteiger partial charge in [-0.3, -0.25) is 9.59 Å². The van der Waals surface area contributed by atoms with Crippen LogP contribution in [0, 0.1) is 5.92 Å². The lowest BCUT2D eigenvalue weighted by Gasteiger charge is -2.42. The maximum atomic E-state index is 13.2. The van der Waals surface area contributed by atoms with Crippen LogP contribution in [0.4, 0.5) is 0 Å². The van der Waals surface area contributed by atoms with Gasteiger partial charge in [-0.25, -0.2) is 9.97 Å². The van der Waals surface area contributed by atoms with Crippen LogP contribution in [-0.2, 0) is 6.54 Å². The quantitative estimate of drug-likeness (QED) is 0.655. The summed E-state index contributed by atoms with van der Waals surface area (Å²) in [6, 6.07) is 11.3. The summed E-state index contributed by atoms with van der Waals surface area (Å²) in [5.74, 6) is 0.366. The number of piperidine rings is 1. The fourth-order valence-corrected chi connectivity index (χ4v) is 4.68. The molecule has 3 aromatic rings. The molecule has 0 radical (unpaired) electrons. The Balaban J connectivity index is 1.46. The van der Waals surface area contributed by atoms with Crippen molar-refractivity contribution < 1.29 is 4.79 Å². The lowest BCUT2D eigenvalue weighted by Crippen LogP contribution is -2.49. The first-order valence-electron chi connectivity index (χ1n) is 9.64. The van der Waals surface area contributed by atoms with Gasteiger partial charge in [0.15, 0.2) is 0 Å². The molecule has 6 nitrogen and oxygen atoms in total. The van der Waals surface area contributed by atoms with Gasteiger partial charge in [-0.15, -0.1) is 0 Å².